The summed E-state index contributed by atoms with van der Waals surface area (Å²) in [6.45, 7) is 7.36. The maximum absolute atomic E-state index is 10.4. The van der Waals surface area contributed by atoms with Crippen molar-refractivity contribution in [2.24, 2.45) is 0 Å². The van der Waals surface area contributed by atoms with E-state index in [1.165, 1.54) is 0 Å². The highest BCUT2D eigenvalue weighted by molar-refractivity contribution is 6.31. The second-order valence-corrected chi connectivity index (χ2v) is 5.52. The highest BCUT2D eigenvalue weighted by atomic mass is 35.5. The predicted molar refractivity (Wildman–Crippen MR) is 70.9 cm³/mol. The molecule has 0 aromatic carbocycles. The van der Waals surface area contributed by atoms with Crippen LogP contribution in [0.1, 0.15) is 38.1 Å². The average Bonchev–Trinajstić information content (AvgIpc) is 2.89. The number of halogens is 1. The normalized spacial score (nSPS) is 25.6. The highest BCUT2D eigenvalue weighted by Crippen LogP contribution is 2.32. The molecule has 0 spiro atoms. The van der Waals surface area contributed by atoms with E-state index in [2.05, 4.69) is 5.10 Å². The standard InChI is InChI=1S/C13H21ClN2O2/c1-4-16-10(12(14)9(2)15-16)8-11(17)13(3)6-5-7-18-13/h11,17H,4-8H2,1-3H3. The lowest BCUT2D eigenvalue weighted by atomic mass is 9.92. The van der Waals surface area contributed by atoms with Crippen LogP contribution >= 0.6 is 11.6 Å². The fraction of sp³-hybridized carbons (Fsp3) is 0.769. The summed E-state index contributed by atoms with van der Waals surface area (Å²) in [5.41, 5.74) is 1.28. The van der Waals surface area contributed by atoms with Gasteiger partial charge in [0.1, 0.15) is 0 Å². The molecular formula is C13H21ClN2O2. The Kier molecular flexibility index (Phi) is 3.99. The van der Waals surface area contributed by atoms with E-state index in [1.807, 2.05) is 25.5 Å². The Morgan fingerprint density at radius 1 is 1.61 bits per heavy atom. The first-order chi connectivity index (χ1) is 8.48. The van der Waals surface area contributed by atoms with Gasteiger partial charge in [0.15, 0.2) is 0 Å². The van der Waals surface area contributed by atoms with Crippen LogP contribution in [0.3, 0.4) is 0 Å². The van der Waals surface area contributed by atoms with Gasteiger partial charge in [0.2, 0.25) is 0 Å². The largest absolute Gasteiger partial charge is 0.390 e. The Morgan fingerprint density at radius 2 is 2.33 bits per heavy atom. The third kappa shape index (κ3) is 2.42. The molecule has 0 radical (unpaired) electrons. The molecule has 4 nitrogen and oxygen atoms in total. The molecule has 0 amide bonds. The van der Waals surface area contributed by atoms with E-state index >= 15 is 0 Å². The summed E-state index contributed by atoms with van der Waals surface area (Å²) >= 11 is 6.25. The van der Waals surface area contributed by atoms with Crippen LogP contribution in [-0.4, -0.2) is 33.2 Å². The fourth-order valence-corrected chi connectivity index (χ4v) is 2.74. The Morgan fingerprint density at radius 3 is 2.89 bits per heavy atom. The van der Waals surface area contributed by atoms with Crippen LogP contribution in [0, 0.1) is 6.92 Å². The molecule has 2 unspecified atom stereocenters. The first-order valence-electron chi connectivity index (χ1n) is 6.51. The summed E-state index contributed by atoms with van der Waals surface area (Å²) in [4.78, 5) is 0. The van der Waals surface area contributed by atoms with Crippen molar-refractivity contribution in [2.45, 2.75) is 58.3 Å². The van der Waals surface area contributed by atoms with E-state index < -0.39 is 11.7 Å². The molecule has 2 rings (SSSR count). The van der Waals surface area contributed by atoms with Gasteiger partial charge in [0.05, 0.1) is 28.1 Å². The minimum atomic E-state index is -0.543. The van der Waals surface area contributed by atoms with E-state index in [4.69, 9.17) is 16.3 Å². The van der Waals surface area contributed by atoms with Gasteiger partial charge in [-0.25, -0.2) is 0 Å². The van der Waals surface area contributed by atoms with Crippen LogP contribution in [0.4, 0.5) is 0 Å². The van der Waals surface area contributed by atoms with Gasteiger partial charge in [0, 0.05) is 19.6 Å². The van der Waals surface area contributed by atoms with Crippen LogP contribution in [-0.2, 0) is 17.7 Å². The second-order valence-electron chi connectivity index (χ2n) is 5.15. The van der Waals surface area contributed by atoms with Crippen molar-refractivity contribution in [3.05, 3.63) is 16.4 Å². The number of nitrogens with zero attached hydrogens (tertiary/aromatic N) is 2. The minimum Gasteiger partial charge on any atom is -0.390 e. The van der Waals surface area contributed by atoms with Crippen LogP contribution < -0.4 is 0 Å². The zero-order chi connectivity index (χ0) is 13.3. The Balaban J connectivity index is 2.18. The number of aliphatic hydroxyl groups excluding tert-OH is 1. The van der Waals surface area contributed by atoms with Crippen molar-refractivity contribution < 1.29 is 9.84 Å². The van der Waals surface area contributed by atoms with Gasteiger partial charge >= 0.3 is 0 Å². The molecule has 0 bridgehead atoms. The topological polar surface area (TPSA) is 47.3 Å². The van der Waals surface area contributed by atoms with E-state index in [0.29, 0.717) is 11.4 Å². The van der Waals surface area contributed by atoms with E-state index in [9.17, 15) is 5.11 Å². The SMILES string of the molecule is CCn1nc(C)c(Cl)c1CC(O)C1(C)CCCO1. The Labute approximate surface area is 113 Å². The monoisotopic (exact) mass is 272 g/mol. The number of hydrogen-bond acceptors (Lipinski definition) is 3. The summed E-state index contributed by atoms with van der Waals surface area (Å²) in [7, 11) is 0. The van der Waals surface area contributed by atoms with Gasteiger partial charge in [-0.2, -0.15) is 5.10 Å². The summed E-state index contributed by atoms with van der Waals surface area (Å²) in [5.74, 6) is 0. The van der Waals surface area contributed by atoms with E-state index in [0.717, 1.165) is 37.4 Å². The molecular weight excluding hydrogens is 252 g/mol. The number of aryl methyl sites for hydroxylation is 2. The molecule has 102 valence electrons. The van der Waals surface area contributed by atoms with Crippen molar-refractivity contribution in [3.63, 3.8) is 0 Å². The molecule has 0 aliphatic carbocycles. The Bertz CT molecular complexity index is 425. The number of rotatable bonds is 4. The van der Waals surface area contributed by atoms with Crippen LogP contribution in [0.15, 0.2) is 0 Å². The van der Waals surface area contributed by atoms with Gasteiger partial charge in [-0.3, -0.25) is 4.68 Å². The maximum atomic E-state index is 10.4. The Hall–Kier alpha value is -0.580. The fourth-order valence-electron chi connectivity index (χ4n) is 2.53. The van der Waals surface area contributed by atoms with Crippen molar-refractivity contribution in [2.75, 3.05) is 6.61 Å². The quantitative estimate of drug-likeness (QED) is 0.915. The molecule has 1 aliphatic heterocycles. The number of aromatic nitrogens is 2. The smallest absolute Gasteiger partial charge is 0.0916 e. The number of aliphatic hydroxyl groups is 1. The zero-order valence-electron chi connectivity index (χ0n) is 11.2. The number of ether oxygens (including phenoxy) is 1. The lowest BCUT2D eigenvalue weighted by Gasteiger charge is -2.29. The average molecular weight is 273 g/mol. The lowest BCUT2D eigenvalue weighted by Crippen LogP contribution is -2.40. The van der Waals surface area contributed by atoms with Crippen molar-refractivity contribution in [1.29, 1.82) is 0 Å². The van der Waals surface area contributed by atoms with E-state index in [-0.39, 0.29) is 0 Å². The molecule has 1 aromatic heterocycles. The second kappa shape index (κ2) is 5.19. The molecule has 0 saturated carbocycles. The molecule has 5 heteroatoms. The van der Waals surface area contributed by atoms with Gasteiger partial charge in [-0.05, 0) is 33.6 Å². The van der Waals surface area contributed by atoms with Crippen molar-refractivity contribution in [1.82, 2.24) is 9.78 Å². The number of hydrogen-bond donors (Lipinski definition) is 1. The molecule has 1 aromatic rings. The summed E-state index contributed by atoms with van der Waals surface area (Å²) < 4.78 is 7.53. The molecule has 1 N–H and O–H groups in total. The molecule has 1 fully saturated rings. The van der Waals surface area contributed by atoms with Gasteiger partial charge in [-0.1, -0.05) is 11.6 Å². The predicted octanol–water partition coefficient (Wildman–Crippen LogP) is 2.34. The summed E-state index contributed by atoms with van der Waals surface area (Å²) in [5, 5.41) is 15.4. The zero-order valence-corrected chi connectivity index (χ0v) is 12.0. The van der Waals surface area contributed by atoms with Crippen molar-refractivity contribution >= 4 is 11.6 Å². The maximum Gasteiger partial charge on any atom is 0.0916 e. The summed E-state index contributed by atoms with van der Waals surface area (Å²) in [6.07, 6.45) is 1.85. The van der Waals surface area contributed by atoms with E-state index in [1.54, 1.807) is 0 Å². The molecule has 2 heterocycles. The third-order valence-electron chi connectivity index (χ3n) is 3.79. The minimum absolute atomic E-state index is 0.444. The molecule has 1 saturated heterocycles. The van der Waals surface area contributed by atoms with Crippen LogP contribution in [0.25, 0.3) is 0 Å². The first kappa shape index (κ1) is 13.8. The third-order valence-corrected chi connectivity index (χ3v) is 4.29. The van der Waals surface area contributed by atoms with Gasteiger partial charge in [-0.15, -0.1) is 0 Å². The molecule has 2 atom stereocenters. The van der Waals surface area contributed by atoms with Gasteiger partial charge in [0.25, 0.3) is 0 Å². The summed E-state index contributed by atoms with van der Waals surface area (Å²) in [6, 6.07) is 0. The molecule has 18 heavy (non-hydrogen) atoms. The van der Waals surface area contributed by atoms with Crippen molar-refractivity contribution in [3.8, 4) is 0 Å². The highest BCUT2D eigenvalue weighted by Gasteiger charge is 2.38. The molecule has 1 aliphatic rings. The lowest BCUT2D eigenvalue weighted by molar-refractivity contribution is -0.0774. The van der Waals surface area contributed by atoms with Gasteiger partial charge < -0.3 is 9.84 Å². The first-order valence-corrected chi connectivity index (χ1v) is 6.89. The van der Waals surface area contributed by atoms with Crippen LogP contribution in [0.2, 0.25) is 5.02 Å². The van der Waals surface area contributed by atoms with Crippen LogP contribution in [0.5, 0.6) is 0 Å².